The van der Waals surface area contributed by atoms with Crippen LogP contribution in [-0.4, -0.2) is 49.2 Å². The molecule has 0 unspecified atom stereocenters. The minimum Gasteiger partial charge on any atom is -0.444 e. The van der Waals surface area contributed by atoms with Crippen molar-refractivity contribution in [2.45, 2.75) is 52.2 Å². The molecular formula is C17H25BrN6O2. The van der Waals surface area contributed by atoms with Crippen molar-refractivity contribution in [3.8, 4) is 0 Å². The average Bonchev–Trinajstić information content (AvgIpc) is 2.96. The van der Waals surface area contributed by atoms with Crippen LogP contribution >= 0.6 is 15.9 Å². The van der Waals surface area contributed by atoms with Crippen molar-refractivity contribution < 1.29 is 9.53 Å². The van der Waals surface area contributed by atoms with Crippen molar-refractivity contribution in [3.05, 3.63) is 16.5 Å². The second-order valence-corrected chi connectivity index (χ2v) is 8.46. The number of fused-ring (bicyclic) bond motifs is 1. The maximum Gasteiger partial charge on any atom is 0.410 e. The van der Waals surface area contributed by atoms with E-state index in [1.54, 1.807) is 11.2 Å². The van der Waals surface area contributed by atoms with Gasteiger partial charge >= 0.3 is 6.09 Å². The summed E-state index contributed by atoms with van der Waals surface area (Å²) < 4.78 is 8.03. The Balaban J connectivity index is 1.55. The van der Waals surface area contributed by atoms with Gasteiger partial charge in [0.1, 0.15) is 11.1 Å². The third kappa shape index (κ3) is 4.44. The molecule has 2 aromatic rings. The second-order valence-electron chi connectivity index (χ2n) is 7.71. The Morgan fingerprint density at radius 3 is 2.77 bits per heavy atom. The molecule has 8 nitrogen and oxygen atoms in total. The van der Waals surface area contributed by atoms with Crippen LogP contribution in [0.4, 0.5) is 4.79 Å². The number of nitrogens with one attached hydrogen (secondary N) is 2. The predicted molar refractivity (Wildman–Crippen MR) is 101 cm³/mol. The van der Waals surface area contributed by atoms with Crippen LogP contribution in [0.1, 0.15) is 40.0 Å². The highest BCUT2D eigenvalue weighted by atomic mass is 79.9. The van der Waals surface area contributed by atoms with Gasteiger partial charge in [0, 0.05) is 19.6 Å². The normalized spacial score (nSPS) is 16.2. The third-order valence-electron chi connectivity index (χ3n) is 4.54. The molecule has 1 aliphatic heterocycles. The molecule has 142 valence electrons. The summed E-state index contributed by atoms with van der Waals surface area (Å²) in [6.07, 6.45) is 4.39. The molecule has 1 fully saturated rings. The number of hydrogen-bond donors (Lipinski definition) is 2. The van der Waals surface area contributed by atoms with Crippen LogP contribution in [-0.2, 0) is 11.3 Å². The molecule has 0 bridgehead atoms. The minimum atomic E-state index is -0.454. The smallest absolute Gasteiger partial charge is 0.410 e. The van der Waals surface area contributed by atoms with Gasteiger partial charge in [0.05, 0.1) is 6.33 Å². The number of likely N-dealkylation sites (tertiary alicyclic amines) is 1. The Morgan fingerprint density at radius 1 is 1.42 bits per heavy atom. The lowest BCUT2D eigenvalue weighted by Gasteiger charge is -2.33. The number of aryl methyl sites for hydroxylation is 1. The highest BCUT2D eigenvalue weighted by molar-refractivity contribution is 9.10. The predicted octanol–water partition coefficient (Wildman–Crippen LogP) is 3.04. The number of piperidine rings is 1. The highest BCUT2D eigenvalue weighted by Gasteiger charge is 2.26. The number of carbonyl (C=O) groups is 1. The van der Waals surface area contributed by atoms with Crippen molar-refractivity contribution in [2.75, 3.05) is 13.1 Å². The van der Waals surface area contributed by atoms with Gasteiger partial charge in [-0.2, -0.15) is 0 Å². The van der Waals surface area contributed by atoms with E-state index in [-0.39, 0.29) is 11.6 Å². The number of carbonyl (C=O) groups excluding carboxylic acids is 1. The summed E-state index contributed by atoms with van der Waals surface area (Å²) in [5.41, 5.74) is 1.12. The van der Waals surface area contributed by atoms with Gasteiger partial charge < -0.3 is 19.2 Å². The number of aromatic amines is 1. The minimum absolute atomic E-state index is 0.195. The van der Waals surface area contributed by atoms with Crippen LogP contribution in [0.15, 0.2) is 11.1 Å². The summed E-state index contributed by atoms with van der Waals surface area (Å²) in [6, 6.07) is 0. The van der Waals surface area contributed by atoms with Crippen molar-refractivity contribution in [1.82, 2.24) is 24.4 Å². The first kappa shape index (κ1) is 18.9. The number of H-pyrrole nitrogens is 1. The zero-order valence-corrected chi connectivity index (χ0v) is 17.0. The maximum absolute atomic E-state index is 12.1. The number of ether oxygens (including phenoxy) is 1. The van der Waals surface area contributed by atoms with Crippen molar-refractivity contribution in [1.29, 1.82) is 5.41 Å². The molecular weight excluding hydrogens is 400 g/mol. The van der Waals surface area contributed by atoms with Gasteiger partial charge in [0.2, 0.25) is 0 Å². The molecule has 2 N–H and O–H groups in total. The molecule has 0 atom stereocenters. The van der Waals surface area contributed by atoms with E-state index in [1.807, 2.05) is 25.3 Å². The third-order valence-corrected chi connectivity index (χ3v) is 4.91. The Labute approximate surface area is 160 Å². The monoisotopic (exact) mass is 424 g/mol. The van der Waals surface area contributed by atoms with Gasteiger partial charge in [0.15, 0.2) is 15.9 Å². The number of hydrogen-bond acceptors (Lipinski definition) is 5. The number of aromatic nitrogens is 4. The maximum atomic E-state index is 12.1. The zero-order chi connectivity index (χ0) is 18.9. The van der Waals surface area contributed by atoms with Crippen LogP contribution in [0.5, 0.6) is 0 Å². The molecule has 0 aromatic carbocycles. The average molecular weight is 425 g/mol. The number of halogens is 1. The van der Waals surface area contributed by atoms with Crippen molar-refractivity contribution >= 4 is 33.2 Å². The Bertz CT molecular complexity index is 845. The molecule has 0 aliphatic carbocycles. The van der Waals surface area contributed by atoms with Crippen molar-refractivity contribution in [3.63, 3.8) is 0 Å². The number of imidazole rings is 1. The number of rotatable bonds is 3. The lowest BCUT2D eigenvalue weighted by molar-refractivity contribution is 0.0180. The number of amides is 1. The Hall–Kier alpha value is -1.90. The quantitative estimate of drug-likeness (QED) is 0.739. The molecule has 1 aliphatic rings. The van der Waals surface area contributed by atoms with Crippen LogP contribution in [0.2, 0.25) is 0 Å². The molecule has 1 amide bonds. The molecule has 3 heterocycles. The van der Waals surface area contributed by atoms with Crippen molar-refractivity contribution in [2.24, 2.45) is 5.92 Å². The topological polar surface area (TPSA) is 99.9 Å². The SMILES string of the molecule is CC(C)(C)OC(=O)N1CCC(CCn2cnc(=N)c3[nH]c(Br)nc32)CC1. The van der Waals surface area contributed by atoms with Crippen LogP contribution in [0.25, 0.3) is 11.2 Å². The lowest BCUT2D eigenvalue weighted by atomic mass is 9.94. The first-order valence-corrected chi connectivity index (χ1v) is 9.65. The molecule has 0 saturated carbocycles. The highest BCUT2D eigenvalue weighted by Crippen LogP contribution is 2.23. The second kappa shape index (κ2) is 7.38. The molecule has 2 aromatic heterocycles. The summed E-state index contributed by atoms with van der Waals surface area (Å²) in [7, 11) is 0. The molecule has 0 spiro atoms. The van der Waals surface area contributed by atoms with Gasteiger partial charge in [-0.1, -0.05) is 0 Å². The fourth-order valence-corrected chi connectivity index (χ4v) is 3.54. The van der Waals surface area contributed by atoms with E-state index in [1.165, 1.54) is 0 Å². The summed E-state index contributed by atoms with van der Waals surface area (Å²) in [6.45, 7) is 7.92. The summed E-state index contributed by atoms with van der Waals surface area (Å²) >= 11 is 3.32. The van der Waals surface area contributed by atoms with E-state index in [9.17, 15) is 4.79 Å². The Morgan fingerprint density at radius 2 is 2.12 bits per heavy atom. The van der Waals surface area contributed by atoms with Crippen LogP contribution in [0, 0.1) is 11.3 Å². The van der Waals surface area contributed by atoms with Gasteiger partial charge in [-0.05, 0) is 61.9 Å². The standard InChI is InChI=1S/C17H25BrN6O2/c1-17(2,3)26-16(25)23-7-4-11(5-8-23)6-9-24-10-20-13(19)12-14(24)22-15(18)21-12/h10-11,19H,4-9H2,1-3H3,(H,21,22). The zero-order valence-electron chi connectivity index (χ0n) is 15.4. The van der Waals surface area contributed by atoms with Gasteiger partial charge in [-0.3, -0.25) is 5.41 Å². The first-order valence-electron chi connectivity index (χ1n) is 8.86. The molecule has 0 radical (unpaired) electrons. The largest absolute Gasteiger partial charge is 0.444 e. The Kier molecular flexibility index (Phi) is 5.36. The van der Waals surface area contributed by atoms with Gasteiger partial charge in [-0.15, -0.1) is 0 Å². The van der Waals surface area contributed by atoms with Gasteiger partial charge in [0.25, 0.3) is 0 Å². The van der Waals surface area contributed by atoms with Gasteiger partial charge in [-0.25, -0.2) is 14.8 Å². The van der Waals surface area contributed by atoms with Crippen LogP contribution in [0.3, 0.4) is 0 Å². The molecule has 1 saturated heterocycles. The summed E-state index contributed by atoms with van der Waals surface area (Å²) in [5.74, 6) is 0.550. The summed E-state index contributed by atoms with van der Waals surface area (Å²) in [4.78, 5) is 25.5. The fourth-order valence-electron chi connectivity index (χ4n) is 3.17. The number of nitrogens with zero attached hydrogens (tertiary/aromatic N) is 4. The van der Waals surface area contributed by atoms with E-state index >= 15 is 0 Å². The molecule has 9 heteroatoms. The van der Waals surface area contributed by atoms with E-state index in [4.69, 9.17) is 10.1 Å². The van der Waals surface area contributed by atoms with E-state index < -0.39 is 5.60 Å². The van der Waals surface area contributed by atoms with E-state index in [0.717, 1.165) is 44.5 Å². The van der Waals surface area contributed by atoms with E-state index in [0.29, 0.717) is 16.2 Å². The fraction of sp³-hybridized carbons (Fsp3) is 0.647. The summed E-state index contributed by atoms with van der Waals surface area (Å²) in [5, 5.41) is 7.86. The molecule has 3 rings (SSSR count). The lowest BCUT2D eigenvalue weighted by Crippen LogP contribution is -2.41. The van der Waals surface area contributed by atoms with Crippen LogP contribution < -0.4 is 5.49 Å². The molecule has 26 heavy (non-hydrogen) atoms. The van der Waals surface area contributed by atoms with E-state index in [2.05, 4.69) is 30.9 Å². The first-order chi connectivity index (χ1) is 12.2.